The lowest BCUT2D eigenvalue weighted by molar-refractivity contribution is -0.114. The number of nitrogens with zero attached hydrogens (tertiary/aromatic N) is 3. The summed E-state index contributed by atoms with van der Waals surface area (Å²) in [4.78, 5) is 31.7. The number of benzene rings is 3. The van der Waals surface area contributed by atoms with Crippen LogP contribution in [0, 0.1) is 5.82 Å². The van der Waals surface area contributed by atoms with Crippen molar-refractivity contribution in [2.75, 3.05) is 18.9 Å². The van der Waals surface area contributed by atoms with Crippen LogP contribution in [0.25, 0.3) is 22.4 Å². The van der Waals surface area contributed by atoms with Gasteiger partial charge in [-0.3, -0.25) is 9.59 Å². The molecule has 0 aliphatic rings. The average Bonchev–Trinajstić information content (AvgIpc) is 3.20. The molecule has 0 saturated heterocycles. The summed E-state index contributed by atoms with van der Waals surface area (Å²) in [5.74, 6) is -0.388. The van der Waals surface area contributed by atoms with Crippen LogP contribution in [0.1, 0.15) is 29.8 Å². The molecule has 2 amide bonds. The molecule has 1 aromatic heterocycles. The van der Waals surface area contributed by atoms with E-state index in [4.69, 9.17) is 0 Å². The summed E-state index contributed by atoms with van der Waals surface area (Å²) in [5, 5.41) is 2.75. The highest BCUT2D eigenvalue weighted by atomic mass is 19.1. The van der Waals surface area contributed by atoms with Gasteiger partial charge in [0.1, 0.15) is 11.6 Å². The number of anilines is 1. The molecule has 4 rings (SSSR count). The second-order valence-corrected chi connectivity index (χ2v) is 8.19. The van der Waals surface area contributed by atoms with Crippen molar-refractivity contribution in [3.05, 3.63) is 83.7 Å². The molecule has 34 heavy (non-hydrogen) atoms. The van der Waals surface area contributed by atoms with E-state index in [0.29, 0.717) is 53.2 Å². The van der Waals surface area contributed by atoms with E-state index >= 15 is 0 Å². The molecule has 0 aliphatic heterocycles. The van der Waals surface area contributed by atoms with Crippen LogP contribution in [0.4, 0.5) is 10.1 Å². The molecular formula is C27H27FN4O2. The van der Waals surface area contributed by atoms with Gasteiger partial charge in [0.25, 0.3) is 5.91 Å². The van der Waals surface area contributed by atoms with E-state index in [1.54, 1.807) is 42.3 Å². The first-order valence-electron chi connectivity index (χ1n) is 11.2. The van der Waals surface area contributed by atoms with Crippen LogP contribution >= 0.6 is 0 Å². The summed E-state index contributed by atoms with van der Waals surface area (Å²) in [7, 11) is 1.76. The van der Waals surface area contributed by atoms with Gasteiger partial charge in [0, 0.05) is 32.7 Å². The minimum Gasteiger partial charge on any atom is -0.341 e. The van der Waals surface area contributed by atoms with E-state index in [0.717, 1.165) is 5.56 Å². The minimum atomic E-state index is -0.387. The van der Waals surface area contributed by atoms with Crippen LogP contribution < -0.4 is 5.32 Å². The van der Waals surface area contributed by atoms with Crippen molar-refractivity contribution >= 4 is 28.5 Å². The number of halogens is 1. The molecule has 1 heterocycles. The molecule has 0 bridgehead atoms. The Labute approximate surface area is 198 Å². The van der Waals surface area contributed by atoms with Crippen molar-refractivity contribution in [3.8, 4) is 11.4 Å². The Hall–Kier alpha value is -4.00. The number of hydrogen-bond acceptors (Lipinski definition) is 3. The number of amides is 2. The summed E-state index contributed by atoms with van der Waals surface area (Å²) >= 11 is 0. The summed E-state index contributed by atoms with van der Waals surface area (Å²) in [5.41, 5.74) is 3.52. The van der Waals surface area contributed by atoms with Gasteiger partial charge in [0.15, 0.2) is 0 Å². The lowest BCUT2D eigenvalue weighted by Gasteiger charge is -2.19. The molecule has 3 aromatic carbocycles. The largest absolute Gasteiger partial charge is 0.341 e. The topological polar surface area (TPSA) is 67.2 Å². The average molecular weight is 459 g/mol. The number of likely N-dealkylation sites (N-methyl/N-ethyl adjacent to an activating group) is 1. The maximum atomic E-state index is 14.6. The van der Waals surface area contributed by atoms with E-state index < -0.39 is 0 Å². The Kier molecular flexibility index (Phi) is 6.72. The number of rotatable bonds is 7. The Balaban J connectivity index is 1.80. The number of carbonyl (C=O) groups is 2. The van der Waals surface area contributed by atoms with Crippen molar-refractivity contribution in [2.24, 2.45) is 0 Å². The second-order valence-electron chi connectivity index (χ2n) is 8.19. The molecule has 0 spiro atoms. The fraction of sp³-hybridized carbons (Fsp3) is 0.222. The van der Waals surface area contributed by atoms with Crippen LogP contribution in [0.15, 0.2) is 66.7 Å². The molecule has 0 fully saturated rings. The van der Waals surface area contributed by atoms with Crippen molar-refractivity contribution < 1.29 is 14.0 Å². The molecule has 1 N–H and O–H groups in total. The first-order valence-corrected chi connectivity index (χ1v) is 11.2. The number of aryl methyl sites for hydroxylation is 1. The molecule has 0 atom stereocenters. The van der Waals surface area contributed by atoms with Crippen molar-refractivity contribution in [1.82, 2.24) is 14.5 Å². The van der Waals surface area contributed by atoms with Gasteiger partial charge in [-0.25, -0.2) is 9.37 Å². The number of imidazole rings is 1. The Bertz CT molecular complexity index is 1350. The molecule has 0 aliphatic carbocycles. The Morgan fingerprint density at radius 1 is 1.06 bits per heavy atom. The van der Waals surface area contributed by atoms with Crippen LogP contribution in [0.5, 0.6) is 0 Å². The molecule has 0 unspecified atom stereocenters. The number of hydrogen-bond donors (Lipinski definition) is 1. The highest BCUT2D eigenvalue weighted by Gasteiger charge is 2.23. The van der Waals surface area contributed by atoms with E-state index in [9.17, 15) is 14.0 Å². The van der Waals surface area contributed by atoms with Gasteiger partial charge < -0.3 is 14.8 Å². The lowest BCUT2D eigenvalue weighted by atomic mass is 10.1. The van der Waals surface area contributed by atoms with Crippen LogP contribution in [-0.4, -0.2) is 39.9 Å². The summed E-state index contributed by atoms with van der Waals surface area (Å²) < 4.78 is 16.5. The van der Waals surface area contributed by atoms with Gasteiger partial charge in [-0.15, -0.1) is 0 Å². The summed E-state index contributed by atoms with van der Waals surface area (Å²) in [6.45, 7) is 4.36. The molecular weight excluding hydrogens is 431 g/mol. The van der Waals surface area contributed by atoms with Crippen molar-refractivity contribution in [2.45, 2.75) is 26.8 Å². The maximum Gasteiger partial charge on any atom is 0.255 e. The van der Waals surface area contributed by atoms with Crippen LogP contribution in [0.3, 0.4) is 0 Å². The van der Waals surface area contributed by atoms with Gasteiger partial charge in [0.2, 0.25) is 5.91 Å². The summed E-state index contributed by atoms with van der Waals surface area (Å²) in [6.07, 6.45) is 0.713. The van der Waals surface area contributed by atoms with Gasteiger partial charge in [-0.05, 0) is 43.2 Å². The van der Waals surface area contributed by atoms with E-state index in [1.807, 2.05) is 41.8 Å². The fourth-order valence-corrected chi connectivity index (χ4v) is 4.11. The SMILES string of the molecule is CCn1c(-c2ccccc2F)nc2cc(NC(C)=O)cc(C(=O)N(C)CCc3ccccc3)c21. The third-order valence-corrected chi connectivity index (χ3v) is 5.75. The van der Waals surface area contributed by atoms with E-state index in [2.05, 4.69) is 10.3 Å². The van der Waals surface area contributed by atoms with E-state index in [1.165, 1.54) is 13.0 Å². The van der Waals surface area contributed by atoms with Crippen LogP contribution in [0.2, 0.25) is 0 Å². The standard InChI is InChI=1S/C27H27FN4O2/c1-4-32-25-22(27(34)31(3)15-14-19-10-6-5-7-11-19)16-20(29-18(2)33)17-24(25)30-26(32)21-12-8-9-13-23(21)28/h5-13,16-17H,4,14-15H2,1-3H3,(H,29,33). The Morgan fingerprint density at radius 2 is 1.76 bits per heavy atom. The third-order valence-electron chi connectivity index (χ3n) is 5.75. The molecule has 4 aromatic rings. The van der Waals surface area contributed by atoms with Gasteiger partial charge in [-0.1, -0.05) is 42.5 Å². The number of fused-ring (bicyclic) bond motifs is 1. The predicted molar refractivity (Wildman–Crippen MR) is 132 cm³/mol. The Morgan fingerprint density at radius 3 is 2.44 bits per heavy atom. The highest BCUT2D eigenvalue weighted by Crippen LogP contribution is 2.31. The first-order chi connectivity index (χ1) is 16.4. The van der Waals surface area contributed by atoms with Gasteiger partial charge in [0.05, 0.1) is 22.2 Å². The third kappa shape index (κ3) is 4.69. The zero-order chi connectivity index (χ0) is 24.2. The van der Waals surface area contributed by atoms with E-state index in [-0.39, 0.29) is 17.6 Å². The summed E-state index contributed by atoms with van der Waals surface area (Å²) in [6, 6.07) is 19.8. The fourth-order valence-electron chi connectivity index (χ4n) is 4.11. The first kappa shape index (κ1) is 23.2. The smallest absolute Gasteiger partial charge is 0.255 e. The lowest BCUT2D eigenvalue weighted by Crippen LogP contribution is -2.29. The molecule has 174 valence electrons. The molecule has 6 nitrogen and oxygen atoms in total. The number of carbonyl (C=O) groups excluding carboxylic acids is 2. The van der Waals surface area contributed by atoms with Crippen LogP contribution in [-0.2, 0) is 17.8 Å². The van der Waals surface area contributed by atoms with Gasteiger partial charge in [-0.2, -0.15) is 0 Å². The monoisotopic (exact) mass is 458 g/mol. The molecule has 7 heteroatoms. The quantitative estimate of drug-likeness (QED) is 0.417. The van der Waals surface area contributed by atoms with Crippen molar-refractivity contribution in [1.29, 1.82) is 0 Å². The van der Waals surface area contributed by atoms with Crippen molar-refractivity contribution in [3.63, 3.8) is 0 Å². The molecule has 0 radical (unpaired) electrons. The second kappa shape index (κ2) is 9.87. The predicted octanol–water partition coefficient (Wildman–Crippen LogP) is 5.14. The number of nitrogens with one attached hydrogen (secondary N) is 1. The highest BCUT2D eigenvalue weighted by molar-refractivity contribution is 6.08. The zero-order valence-corrected chi connectivity index (χ0v) is 19.5. The minimum absolute atomic E-state index is 0.192. The maximum absolute atomic E-state index is 14.6. The molecule has 0 saturated carbocycles. The van der Waals surface area contributed by atoms with Gasteiger partial charge >= 0.3 is 0 Å². The zero-order valence-electron chi connectivity index (χ0n) is 19.5. The number of aromatic nitrogens is 2. The normalized spacial score (nSPS) is 10.9.